The molecule has 3 aromatic heterocycles. The third kappa shape index (κ3) is 3.62. The van der Waals surface area contributed by atoms with Gasteiger partial charge in [0.15, 0.2) is 0 Å². The van der Waals surface area contributed by atoms with Gasteiger partial charge in [0.25, 0.3) is 0 Å². The molecule has 0 radical (unpaired) electrons. The van der Waals surface area contributed by atoms with E-state index in [0.29, 0.717) is 0 Å². The SMILES string of the molecule is c1ccc2c(c1)sc1cc(-c3c4ccccc4c(-c4cc5sc6ccccc6c5c5c4sc4ccccc45)c4ccccc34)ccc12. The van der Waals surface area contributed by atoms with Gasteiger partial charge in [-0.1, -0.05) is 115 Å². The minimum atomic E-state index is 1.27. The van der Waals surface area contributed by atoms with Crippen LogP contribution in [0.25, 0.3) is 104 Å². The summed E-state index contributed by atoms with van der Waals surface area (Å²) in [5.41, 5.74) is 5.25. The predicted octanol–water partition coefficient (Wildman–Crippen LogP) is 14.4. The first-order chi connectivity index (χ1) is 23.3. The van der Waals surface area contributed by atoms with E-state index in [2.05, 4.69) is 146 Å². The number of thiophene rings is 3. The van der Waals surface area contributed by atoms with Gasteiger partial charge in [-0.3, -0.25) is 0 Å². The second kappa shape index (κ2) is 9.73. The van der Waals surface area contributed by atoms with Gasteiger partial charge in [0.2, 0.25) is 0 Å². The third-order valence-corrected chi connectivity index (χ3v) is 13.3. The van der Waals surface area contributed by atoms with Crippen molar-refractivity contribution in [2.75, 3.05) is 0 Å². The summed E-state index contributed by atoms with van der Waals surface area (Å²) >= 11 is 5.74. The predicted molar refractivity (Wildman–Crippen MR) is 211 cm³/mol. The highest BCUT2D eigenvalue weighted by Gasteiger charge is 2.22. The highest BCUT2D eigenvalue weighted by Crippen LogP contribution is 2.52. The maximum absolute atomic E-state index is 2.49. The first kappa shape index (κ1) is 26.1. The van der Waals surface area contributed by atoms with E-state index in [1.54, 1.807) is 0 Å². The fourth-order valence-corrected chi connectivity index (χ4v) is 11.4. The van der Waals surface area contributed by atoms with E-state index in [4.69, 9.17) is 0 Å². The van der Waals surface area contributed by atoms with E-state index in [9.17, 15) is 0 Å². The van der Waals surface area contributed by atoms with Crippen LogP contribution in [0.4, 0.5) is 0 Å². The van der Waals surface area contributed by atoms with Gasteiger partial charge in [-0.05, 0) is 68.6 Å². The summed E-state index contributed by atoms with van der Waals surface area (Å²) in [4.78, 5) is 0. The van der Waals surface area contributed by atoms with E-state index < -0.39 is 0 Å². The summed E-state index contributed by atoms with van der Waals surface area (Å²) in [7, 11) is 0. The fourth-order valence-electron chi connectivity index (χ4n) is 7.90. The summed E-state index contributed by atoms with van der Waals surface area (Å²) in [5.74, 6) is 0. The molecule has 11 rings (SSSR count). The molecule has 11 aromatic rings. The average Bonchev–Trinajstić information content (AvgIpc) is 3.81. The normalized spacial score (nSPS) is 12.3. The number of rotatable bonds is 2. The van der Waals surface area contributed by atoms with E-state index in [0.717, 1.165) is 0 Å². The second-order valence-corrected chi connectivity index (χ2v) is 15.6. The molecule has 8 aromatic carbocycles. The standard InChI is InChI=1S/C44H24S3/c1-3-14-30-28(12-1)40(25-21-22-27-26-11-5-8-18-35(26)45-38(27)23-25)29-13-2-4-15-31(29)41(30)34-24-39-42(32-16-6-9-19-36(32)46-39)43-33-17-7-10-20-37(33)47-44(34)43/h1-24H. The van der Waals surface area contributed by atoms with Gasteiger partial charge in [0.05, 0.1) is 0 Å². The summed E-state index contributed by atoms with van der Waals surface area (Å²) in [6.07, 6.45) is 0. The molecule has 0 bridgehead atoms. The van der Waals surface area contributed by atoms with E-state index in [1.807, 2.05) is 34.0 Å². The molecule has 47 heavy (non-hydrogen) atoms. The van der Waals surface area contributed by atoms with Crippen LogP contribution in [-0.4, -0.2) is 0 Å². The largest absolute Gasteiger partial charge is 0.135 e. The smallest absolute Gasteiger partial charge is 0.0441 e. The van der Waals surface area contributed by atoms with E-state index in [1.165, 1.54) is 104 Å². The van der Waals surface area contributed by atoms with Crippen LogP contribution < -0.4 is 0 Å². The number of fused-ring (bicyclic) bond motifs is 12. The van der Waals surface area contributed by atoms with E-state index >= 15 is 0 Å². The minimum Gasteiger partial charge on any atom is -0.135 e. The molecule has 0 aliphatic heterocycles. The topological polar surface area (TPSA) is 0 Å². The van der Waals surface area contributed by atoms with Gasteiger partial charge < -0.3 is 0 Å². The Kier molecular flexibility index (Phi) is 5.39. The molecule has 0 spiro atoms. The zero-order valence-corrected chi connectivity index (χ0v) is 27.5. The molecular formula is C44H24S3. The Balaban J connectivity index is 1.29. The first-order valence-corrected chi connectivity index (χ1v) is 18.4. The number of benzene rings is 8. The van der Waals surface area contributed by atoms with Gasteiger partial charge in [0, 0.05) is 66.1 Å². The van der Waals surface area contributed by atoms with Crippen LogP contribution in [0.5, 0.6) is 0 Å². The molecule has 0 aliphatic rings. The molecule has 3 heteroatoms. The molecule has 0 saturated heterocycles. The van der Waals surface area contributed by atoms with Crippen LogP contribution in [0.1, 0.15) is 0 Å². The van der Waals surface area contributed by atoms with Crippen molar-refractivity contribution in [3.05, 3.63) is 146 Å². The number of hydrogen-bond acceptors (Lipinski definition) is 3. The monoisotopic (exact) mass is 648 g/mol. The molecule has 0 saturated carbocycles. The molecule has 0 amide bonds. The van der Waals surface area contributed by atoms with Crippen LogP contribution in [0.15, 0.2) is 146 Å². The summed E-state index contributed by atoms with van der Waals surface area (Å²) in [6, 6.07) is 54.4. The summed E-state index contributed by atoms with van der Waals surface area (Å²) in [5, 5.41) is 13.4. The van der Waals surface area contributed by atoms with Crippen LogP contribution in [0.2, 0.25) is 0 Å². The van der Waals surface area contributed by atoms with Crippen molar-refractivity contribution < 1.29 is 0 Å². The van der Waals surface area contributed by atoms with Crippen molar-refractivity contribution >= 4 is 116 Å². The Hall–Kier alpha value is -5.06. The number of hydrogen-bond donors (Lipinski definition) is 0. The van der Waals surface area contributed by atoms with Crippen LogP contribution >= 0.6 is 34.0 Å². The zero-order chi connectivity index (χ0) is 30.6. The van der Waals surface area contributed by atoms with Gasteiger partial charge in [0.1, 0.15) is 0 Å². The third-order valence-electron chi connectivity index (χ3n) is 9.86. The van der Waals surface area contributed by atoms with Crippen LogP contribution in [0.3, 0.4) is 0 Å². The molecule has 218 valence electrons. The van der Waals surface area contributed by atoms with Crippen molar-refractivity contribution in [2.24, 2.45) is 0 Å². The first-order valence-electron chi connectivity index (χ1n) is 15.9. The highest BCUT2D eigenvalue weighted by atomic mass is 32.1. The molecule has 0 nitrogen and oxygen atoms in total. The van der Waals surface area contributed by atoms with E-state index in [-0.39, 0.29) is 0 Å². The van der Waals surface area contributed by atoms with Gasteiger partial charge in [-0.15, -0.1) is 34.0 Å². The van der Waals surface area contributed by atoms with Crippen LogP contribution in [-0.2, 0) is 0 Å². The fraction of sp³-hybridized carbons (Fsp3) is 0. The Morgan fingerprint density at radius 3 is 1.43 bits per heavy atom. The average molecular weight is 649 g/mol. The maximum Gasteiger partial charge on any atom is 0.0441 e. The van der Waals surface area contributed by atoms with Crippen molar-refractivity contribution in [1.82, 2.24) is 0 Å². The Labute approximate surface area is 282 Å². The zero-order valence-electron chi connectivity index (χ0n) is 25.1. The molecule has 0 atom stereocenters. The second-order valence-electron chi connectivity index (χ2n) is 12.3. The van der Waals surface area contributed by atoms with Gasteiger partial charge >= 0.3 is 0 Å². The Morgan fingerprint density at radius 2 is 0.766 bits per heavy atom. The minimum absolute atomic E-state index is 1.27. The maximum atomic E-state index is 2.49. The Morgan fingerprint density at radius 1 is 0.298 bits per heavy atom. The van der Waals surface area contributed by atoms with Crippen molar-refractivity contribution in [1.29, 1.82) is 0 Å². The van der Waals surface area contributed by atoms with Crippen LogP contribution in [0, 0.1) is 0 Å². The molecular weight excluding hydrogens is 625 g/mol. The molecule has 0 aliphatic carbocycles. The molecule has 0 unspecified atom stereocenters. The van der Waals surface area contributed by atoms with Crippen molar-refractivity contribution in [3.8, 4) is 22.3 Å². The lowest BCUT2D eigenvalue weighted by Crippen LogP contribution is -1.91. The van der Waals surface area contributed by atoms with Gasteiger partial charge in [-0.2, -0.15) is 0 Å². The lowest BCUT2D eigenvalue weighted by Gasteiger charge is -2.18. The van der Waals surface area contributed by atoms with Crippen molar-refractivity contribution in [3.63, 3.8) is 0 Å². The lowest BCUT2D eigenvalue weighted by molar-refractivity contribution is 1.71. The highest BCUT2D eigenvalue weighted by molar-refractivity contribution is 7.28. The summed E-state index contributed by atoms with van der Waals surface area (Å²) in [6.45, 7) is 0. The molecule has 0 N–H and O–H groups in total. The quantitative estimate of drug-likeness (QED) is 0.164. The van der Waals surface area contributed by atoms with Crippen molar-refractivity contribution in [2.45, 2.75) is 0 Å². The molecule has 0 fully saturated rings. The molecule has 3 heterocycles. The Bertz CT molecular complexity index is 3020. The van der Waals surface area contributed by atoms with Gasteiger partial charge in [-0.25, -0.2) is 0 Å². The lowest BCUT2D eigenvalue weighted by atomic mass is 9.85. The summed E-state index contributed by atoms with van der Waals surface area (Å²) < 4.78 is 8.09.